The second kappa shape index (κ2) is 7.65. The summed E-state index contributed by atoms with van der Waals surface area (Å²) in [5.74, 6) is -0.838. The minimum atomic E-state index is -1.13. The van der Waals surface area contributed by atoms with Gasteiger partial charge in [0.25, 0.3) is 0 Å². The van der Waals surface area contributed by atoms with Gasteiger partial charge in [0.1, 0.15) is 23.4 Å². The number of carboxylic acids is 1. The second-order valence-corrected chi connectivity index (χ2v) is 5.27. The first-order valence-corrected chi connectivity index (χ1v) is 7.26. The molecule has 0 radical (unpaired) electrons. The van der Waals surface area contributed by atoms with Crippen molar-refractivity contribution in [2.45, 2.75) is 13.0 Å². The lowest BCUT2D eigenvalue weighted by molar-refractivity contribution is -0.138. The molecule has 2 rings (SSSR count). The van der Waals surface area contributed by atoms with Crippen molar-refractivity contribution in [3.63, 3.8) is 0 Å². The Balaban J connectivity index is 1.96. The Morgan fingerprint density at radius 2 is 1.79 bits per heavy atom. The maximum absolute atomic E-state index is 13.1. The number of rotatable bonds is 5. The zero-order valence-corrected chi connectivity index (χ0v) is 13.3. The largest absolute Gasteiger partial charge is 0.480 e. The van der Waals surface area contributed by atoms with Crippen LogP contribution >= 0.6 is 11.6 Å². The van der Waals surface area contributed by atoms with Gasteiger partial charge in [-0.3, -0.25) is 4.79 Å². The van der Waals surface area contributed by atoms with Crippen LogP contribution in [0.5, 0.6) is 11.5 Å². The van der Waals surface area contributed by atoms with Gasteiger partial charge in [0, 0.05) is 11.8 Å². The molecule has 0 unspecified atom stereocenters. The van der Waals surface area contributed by atoms with E-state index in [-0.39, 0.29) is 5.02 Å². The Bertz CT molecular complexity index is 752. The Morgan fingerprint density at radius 3 is 2.38 bits per heavy atom. The van der Waals surface area contributed by atoms with Gasteiger partial charge in [0.05, 0.1) is 5.02 Å². The fraction of sp³-hybridized carbons (Fsp3) is 0.125. The van der Waals surface area contributed by atoms with Crippen LogP contribution in [0.15, 0.2) is 42.5 Å². The molecule has 0 heterocycles. The first-order chi connectivity index (χ1) is 11.3. The van der Waals surface area contributed by atoms with Gasteiger partial charge in [-0.15, -0.1) is 0 Å². The number of carbonyl (C=O) groups is 2. The zero-order valence-electron chi connectivity index (χ0n) is 12.5. The van der Waals surface area contributed by atoms with Gasteiger partial charge in [-0.25, -0.2) is 9.18 Å². The number of benzene rings is 2. The Hall–Kier alpha value is -2.80. The van der Waals surface area contributed by atoms with Crippen molar-refractivity contribution in [3.8, 4) is 11.5 Å². The summed E-state index contributed by atoms with van der Waals surface area (Å²) in [5, 5.41) is 13.4. The summed E-state index contributed by atoms with van der Waals surface area (Å²) in [5.41, 5.74) is 0.453. The molecule has 0 aliphatic carbocycles. The van der Waals surface area contributed by atoms with Gasteiger partial charge in [-0.1, -0.05) is 11.6 Å². The van der Waals surface area contributed by atoms with E-state index in [1.807, 2.05) is 0 Å². The van der Waals surface area contributed by atoms with Crippen LogP contribution in [0.2, 0.25) is 5.02 Å². The second-order valence-electron chi connectivity index (χ2n) is 4.86. The lowest BCUT2D eigenvalue weighted by Gasteiger charge is -2.11. The number of ether oxygens (including phenoxy) is 1. The van der Waals surface area contributed by atoms with E-state index in [9.17, 15) is 14.0 Å². The van der Waals surface area contributed by atoms with Crippen molar-refractivity contribution in [1.29, 1.82) is 0 Å². The highest BCUT2D eigenvalue weighted by Gasteiger charge is 2.13. The number of urea groups is 1. The lowest BCUT2D eigenvalue weighted by Crippen LogP contribution is -2.40. The molecule has 0 aromatic heterocycles. The summed E-state index contributed by atoms with van der Waals surface area (Å²) in [4.78, 5) is 22.3. The van der Waals surface area contributed by atoms with Gasteiger partial charge >= 0.3 is 12.0 Å². The van der Waals surface area contributed by atoms with Gasteiger partial charge in [-0.2, -0.15) is 0 Å². The third-order valence-corrected chi connectivity index (χ3v) is 3.25. The molecule has 1 atom stereocenters. The number of hydrogen-bond acceptors (Lipinski definition) is 3. The van der Waals surface area contributed by atoms with Crippen LogP contribution < -0.4 is 15.4 Å². The summed E-state index contributed by atoms with van der Waals surface area (Å²) in [6.45, 7) is 1.35. The molecule has 126 valence electrons. The molecule has 0 spiro atoms. The predicted molar refractivity (Wildman–Crippen MR) is 87.2 cm³/mol. The molecule has 2 aromatic carbocycles. The van der Waals surface area contributed by atoms with Crippen molar-refractivity contribution < 1.29 is 23.8 Å². The standard InChI is InChI=1S/C16H14ClFN2O4/c1-9(15(21)22)19-16(23)20-10-2-4-11(5-3-10)24-12-6-7-14(18)13(17)8-12/h2-9H,1H3,(H,21,22)(H2,19,20,23)/t9-/m0/s1. The highest BCUT2D eigenvalue weighted by molar-refractivity contribution is 6.30. The fourth-order valence-corrected chi connectivity index (χ4v) is 1.88. The van der Waals surface area contributed by atoms with Gasteiger partial charge in [-0.05, 0) is 43.3 Å². The lowest BCUT2D eigenvalue weighted by atomic mass is 10.3. The molecular formula is C16H14ClFN2O4. The molecule has 24 heavy (non-hydrogen) atoms. The van der Waals surface area contributed by atoms with Crippen molar-refractivity contribution in [2.24, 2.45) is 0 Å². The van der Waals surface area contributed by atoms with E-state index in [2.05, 4.69) is 10.6 Å². The third kappa shape index (κ3) is 4.85. The quantitative estimate of drug-likeness (QED) is 0.762. The number of carbonyl (C=O) groups excluding carboxylic acids is 1. The highest BCUT2D eigenvalue weighted by atomic mass is 35.5. The Morgan fingerprint density at radius 1 is 1.17 bits per heavy atom. The molecule has 0 aliphatic rings. The average molecular weight is 353 g/mol. The molecule has 0 saturated heterocycles. The van der Waals surface area contributed by atoms with Crippen LogP contribution in [0.3, 0.4) is 0 Å². The third-order valence-electron chi connectivity index (χ3n) is 2.96. The molecule has 0 bridgehead atoms. The molecular weight excluding hydrogens is 339 g/mol. The molecule has 0 saturated carbocycles. The van der Waals surface area contributed by atoms with E-state index in [0.29, 0.717) is 17.2 Å². The smallest absolute Gasteiger partial charge is 0.325 e. The molecule has 0 fully saturated rings. The van der Waals surface area contributed by atoms with Gasteiger partial charge in [0.15, 0.2) is 0 Å². The first-order valence-electron chi connectivity index (χ1n) is 6.88. The fourth-order valence-electron chi connectivity index (χ4n) is 1.71. The van der Waals surface area contributed by atoms with E-state index in [1.165, 1.54) is 25.1 Å². The van der Waals surface area contributed by atoms with Gasteiger partial charge < -0.3 is 20.5 Å². The van der Waals surface area contributed by atoms with Crippen molar-refractivity contribution >= 4 is 29.3 Å². The number of anilines is 1. The number of hydrogen-bond donors (Lipinski definition) is 3. The average Bonchev–Trinajstić information content (AvgIpc) is 2.52. The van der Waals surface area contributed by atoms with Crippen LogP contribution in [0, 0.1) is 5.82 Å². The Kier molecular flexibility index (Phi) is 5.59. The Labute approximate surface area is 142 Å². The van der Waals surface area contributed by atoms with Crippen LogP contribution in [-0.2, 0) is 4.79 Å². The SMILES string of the molecule is C[C@H](NC(=O)Nc1ccc(Oc2ccc(F)c(Cl)c2)cc1)C(=O)O. The monoisotopic (exact) mass is 352 g/mol. The normalized spacial score (nSPS) is 11.5. The van der Waals surface area contributed by atoms with Crippen LogP contribution in [0.4, 0.5) is 14.9 Å². The summed E-state index contributed by atoms with van der Waals surface area (Å²) in [6, 6.07) is 8.68. The molecule has 3 N–H and O–H groups in total. The molecule has 2 aromatic rings. The number of nitrogens with one attached hydrogen (secondary N) is 2. The topological polar surface area (TPSA) is 87.7 Å². The molecule has 0 aliphatic heterocycles. The number of amides is 2. The van der Waals surface area contributed by atoms with E-state index < -0.39 is 23.9 Å². The maximum atomic E-state index is 13.1. The summed E-state index contributed by atoms with van der Waals surface area (Å²) >= 11 is 5.68. The molecule has 2 amide bonds. The van der Waals surface area contributed by atoms with E-state index in [1.54, 1.807) is 24.3 Å². The number of halogens is 2. The van der Waals surface area contributed by atoms with E-state index in [4.69, 9.17) is 21.4 Å². The summed E-state index contributed by atoms with van der Waals surface area (Å²) in [7, 11) is 0. The summed E-state index contributed by atoms with van der Waals surface area (Å²) in [6.07, 6.45) is 0. The van der Waals surface area contributed by atoms with Crippen LogP contribution in [0.1, 0.15) is 6.92 Å². The number of aliphatic carboxylic acids is 1. The minimum absolute atomic E-state index is 0.0463. The first kappa shape index (κ1) is 17.6. The maximum Gasteiger partial charge on any atom is 0.325 e. The van der Waals surface area contributed by atoms with Crippen molar-refractivity contribution in [2.75, 3.05) is 5.32 Å². The van der Waals surface area contributed by atoms with E-state index >= 15 is 0 Å². The number of carboxylic acid groups (broad SMARTS) is 1. The van der Waals surface area contributed by atoms with Crippen molar-refractivity contribution in [3.05, 3.63) is 53.3 Å². The summed E-state index contributed by atoms with van der Waals surface area (Å²) < 4.78 is 18.6. The molecule has 6 nitrogen and oxygen atoms in total. The predicted octanol–water partition coefficient (Wildman–Crippen LogP) is 3.87. The van der Waals surface area contributed by atoms with Crippen LogP contribution in [-0.4, -0.2) is 23.1 Å². The highest BCUT2D eigenvalue weighted by Crippen LogP contribution is 2.26. The van der Waals surface area contributed by atoms with E-state index in [0.717, 1.165) is 0 Å². The zero-order chi connectivity index (χ0) is 17.7. The minimum Gasteiger partial charge on any atom is -0.480 e. The van der Waals surface area contributed by atoms with Crippen LogP contribution in [0.25, 0.3) is 0 Å². The van der Waals surface area contributed by atoms with Gasteiger partial charge in [0.2, 0.25) is 0 Å². The molecule has 8 heteroatoms. The van der Waals surface area contributed by atoms with Crippen molar-refractivity contribution in [1.82, 2.24) is 5.32 Å².